The van der Waals surface area contributed by atoms with Gasteiger partial charge in [-0.2, -0.15) is 4.98 Å². The Kier molecular flexibility index (Phi) is 5.11. The van der Waals surface area contributed by atoms with Crippen LogP contribution in [-0.2, 0) is 13.6 Å². The van der Waals surface area contributed by atoms with Gasteiger partial charge in [-0.3, -0.25) is 18.9 Å². The van der Waals surface area contributed by atoms with Gasteiger partial charge in [-0.15, -0.1) is 0 Å². The zero-order chi connectivity index (χ0) is 19.8. The van der Waals surface area contributed by atoms with Crippen LogP contribution >= 0.6 is 15.9 Å². The first kappa shape index (κ1) is 18.9. The van der Waals surface area contributed by atoms with Crippen LogP contribution in [0.25, 0.3) is 11.2 Å². The molecular weight excluding hydrogens is 424 g/mol. The minimum atomic E-state index is -0.482. The molecule has 2 atom stereocenters. The lowest BCUT2D eigenvalue weighted by molar-refractivity contribution is 0.401. The Bertz CT molecular complexity index is 1130. The van der Waals surface area contributed by atoms with Gasteiger partial charge in [0.2, 0.25) is 5.95 Å². The van der Waals surface area contributed by atoms with E-state index >= 15 is 0 Å². The normalized spacial score (nSPS) is 19.8. The van der Waals surface area contributed by atoms with Gasteiger partial charge in [0.15, 0.2) is 11.2 Å². The van der Waals surface area contributed by atoms with Gasteiger partial charge in [0, 0.05) is 23.6 Å². The van der Waals surface area contributed by atoms with Crippen molar-refractivity contribution in [3.05, 3.63) is 55.1 Å². The number of hydrogen-bond acceptors (Lipinski definition) is 5. The largest absolute Gasteiger partial charge is 0.351 e. The number of fused-ring (bicyclic) bond motifs is 1. The number of H-pyrrole nitrogens is 1. The van der Waals surface area contributed by atoms with Gasteiger partial charge in [-0.1, -0.05) is 47.0 Å². The number of anilines is 1. The zero-order valence-corrected chi connectivity index (χ0v) is 17.2. The van der Waals surface area contributed by atoms with Gasteiger partial charge < -0.3 is 11.1 Å². The molecule has 0 radical (unpaired) electrons. The number of rotatable bonds is 4. The molecule has 2 heterocycles. The van der Waals surface area contributed by atoms with Crippen molar-refractivity contribution >= 4 is 33.0 Å². The second-order valence-electron chi connectivity index (χ2n) is 7.30. The summed E-state index contributed by atoms with van der Waals surface area (Å²) in [6.45, 7) is 0.434. The molecule has 4 rings (SSSR count). The first-order valence-corrected chi connectivity index (χ1v) is 10.2. The van der Waals surface area contributed by atoms with Gasteiger partial charge in [0.05, 0.1) is 6.54 Å². The van der Waals surface area contributed by atoms with Crippen LogP contribution in [-0.4, -0.2) is 31.2 Å². The molecular formula is C19H23BrN6O2. The maximum absolute atomic E-state index is 12.6. The van der Waals surface area contributed by atoms with Crippen molar-refractivity contribution in [2.24, 2.45) is 12.8 Å². The Morgan fingerprint density at radius 1 is 1.29 bits per heavy atom. The van der Waals surface area contributed by atoms with E-state index in [-0.39, 0.29) is 12.1 Å². The monoisotopic (exact) mass is 446 g/mol. The number of nitrogens with one attached hydrogen (secondary N) is 2. The van der Waals surface area contributed by atoms with Crippen molar-refractivity contribution in [3.63, 3.8) is 0 Å². The number of aromatic amines is 1. The third kappa shape index (κ3) is 3.40. The molecule has 3 aromatic rings. The highest BCUT2D eigenvalue weighted by Crippen LogP contribution is 2.25. The molecule has 0 unspecified atom stereocenters. The van der Waals surface area contributed by atoms with Crippen molar-refractivity contribution in [1.29, 1.82) is 0 Å². The summed E-state index contributed by atoms with van der Waals surface area (Å²) < 4.78 is 4.13. The molecule has 148 valence electrons. The first-order chi connectivity index (χ1) is 13.5. The maximum Gasteiger partial charge on any atom is 0.329 e. The molecule has 1 saturated carbocycles. The Hall–Kier alpha value is -2.39. The number of aryl methyl sites for hydroxylation is 1. The van der Waals surface area contributed by atoms with Gasteiger partial charge >= 0.3 is 5.69 Å². The van der Waals surface area contributed by atoms with Gasteiger partial charge in [0.1, 0.15) is 0 Å². The van der Waals surface area contributed by atoms with E-state index in [2.05, 4.69) is 31.2 Å². The Labute approximate surface area is 169 Å². The van der Waals surface area contributed by atoms with Gasteiger partial charge in [-0.25, -0.2) is 4.79 Å². The van der Waals surface area contributed by atoms with Gasteiger partial charge in [-0.05, 0) is 24.5 Å². The summed E-state index contributed by atoms with van der Waals surface area (Å²) in [6, 6.07) is 7.95. The molecule has 0 amide bonds. The van der Waals surface area contributed by atoms with Gasteiger partial charge in [0.25, 0.3) is 5.56 Å². The number of hydrogen-bond donors (Lipinski definition) is 3. The molecule has 8 nitrogen and oxygen atoms in total. The summed E-state index contributed by atoms with van der Waals surface area (Å²) in [4.78, 5) is 31.6. The molecule has 9 heteroatoms. The number of imidazole rings is 1. The molecule has 2 aromatic heterocycles. The van der Waals surface area contributed by atoms with Crippen LogP contribution < -0.4 is 22.3 Å². The topological polar surface area (TPSA) is 111 Å². The van der Waals surface area contributed by atoms with Crippen LogP contribution in [0.3, 0.4) is 0 Å². The predicted molar refractivity (Wildman–Crippen MR) is 113 cm³/mol. The quantitative estimate of drug-likeness (QED) is 0.566. The Morgan fingerprint density at radius 3 is 2.79 bits per heavy atom. The minimum absolute atomic E-state index is 0.0348. The number of nitrogens with two attached hydrogens (primary N) is 1. The van der Waals surface area contributed by atoms with E-state index in [0.29, 0.717) is 23.7 Å². The molecule has 1 aromatic carbocycles. The van der Waals surface area contributed by atoms with Crippen molar-refractivity contribution in [2.45, 2.75) is 44.3 Å². The van der Waals surface area contributed by atoms with E-state index in [1.807, 2.05) is 28.8 Å². The van der Waals surface area contributed by atoms with E-state index in [4.69, 9.17) is 5.73 Å². The molecule has 1 fully saturated rings. The van der Waals surface area contributed by atoms with Crippen molar-refractivity contribution in [1.82, 2.24) is 19.1 Å². The van der Waals surface area contributed by atoms with Crippen molar-refractivity contribution in [2.75, 3.05) is 5.32 Å². The third-order valence-electron chi connectivity index (χ3n) is 5.43. The molecule has 1 aliphatic carbocycles. The van der Waals surface area contributed by atoms with Crippen molar-refractivity contribution < 1.29 is 0 Å². The number of nitrogens with zero attached hydrogens (tertiary/aromatic N) is 3. The molecule has 4 N–H and O–H groups in total. The highest BCUT2D eigenvalue weighted by atomic mass is 79.9. The van der Waals surface area contributed by atoms with Crippen LogP contribution in [0.4, 0.5) is 5.95 Å². The highest BCUT2D eigenvalue weighted by molar-refractivity contribution is 9.10. The Morgan fingerprint density at radius 2 is 2.04 bits per heavy atom. The summed E-state index contributed by atoms with van der Waals surface area (Å²) in [7, 11) is 1.60. The van der Waals surface area contributed by atoms with E-state index < -0.39 is 11.2 Å². The summed E-state index contributed by atoms with van der Waals surface area (Å²) >= 11 is 3.57. The fraction of sp³-hybridized carbons (Fsp3) is 0.421. The summed E-state index contributed by atoms with van der Waals surface area (Å²) in [5, 5.41) is 3.45. The number of benzene rings is 1. The first-order valence-electron chi connectivity index (χ1n) is 9.41. The van der Waals surface area contributed by atoms with E-state index in [1.165, 1.54) is 4.57 Å². The number of aromatic nitrogens is 4. The number of halogens is 1. The highest BCUT2D eigenvalue weighted by Gasteiger charge is 2.25. The predicted octanol–water partition coefficient (Wildman–Crippen LogP) is 1.92. The second-order valence-corrected chi connectivity index (χ2v) is 8.16. The molecule has 28 heavy (non-hydrogen) atoms. The molecule has 0 saturated heterocycles. The standard InChI is InChI=1S/C19H23BrN6O2/c1-25-16-15(17(27)24-19(25)28)26(10-11-6-2-3-7-12(11)20)18(23-16)22-14-9-5-4-8-13(14)21/h2-3,6-7,13-14H,4-5,8-10,21H2,1H3,(H,22,23)(H,24,27,28)/t13-,14-/m0/s1. The van der Waals surface area contributed by atoms with Crippen molar-refractivity contribution in [3.8, 4) is 0 Å². The molecule has 0 bridgehead atoms. The minimum Gasteiger partial charge on any atom is -0.351 e. The average Bonchev–Trinajstić information content (AvgIpc) is 3.02. The molecule has 1 aliphatic rings. The lowest BCUT2D eigenvalue weighted by atomic mass is 9.91. The third-order valence-corrected chi connectivity index (χ3v) is 6.20. The SMILES string of the molecule is Cn1c(=O)[nH]c(=O)c2c1nc(N[C@H]1CCCC[C@@H]1N)n2Cc1ccccc1Br. The van der Waals surface area contributed by atoms with Crippen LogP contribution in [0.5, 0.6) is 0 Å². The zero-order valence-electron chi connectivity index (χ0n) is 15.6. The van der Waals surface area contributed by atoms with Crippen LogP contribution in [0.1, 0.15) is 31.2 Å². The Balaban J connectivity index is 1.86. The fourth-order valence-electron chi connectivity index (χ4n) is 3.80. The van der Waals surface area contributed by atoms with Crippen LogP contribution in [0.15, 0.2) is 38.3 Å². The smallest absolute Gasteiger partial charge is 0.329 e. The van der Waals surface area contributed by atoms with E-state index in [0.717, 1.165) is 35.7 Å². The van der Waals surface area contributed by atoms with E-state index in [1.54, 1.807) is 7.05 Å². The summed E-state index contributed by atoms with van der Waals surface area (Å²) in [5.41, 5.74) is 7.10. The van der Waals surface area contributed by atoms with Crippen LogP contribution in [0.2, 0.25) is 0 Å². The lowest BCUT2D eigenvalue weighted by Crippen LogP contribution is -2.43. The van der Waals surface area contributed by atoms with Crippen LogP contribution in [0, 0.1) is 0 Å². The fourth-order valence-corrected chi connectivity index (χ4v) is 4.21. The average molecular weight is 447 g/mol. The summed E-state index contributed by atoms with van der Waals surface area (Å²) in [5.74, 6) is 0.555. The lowest BCUT2D eigenvalue weighted by Gasteiger charge is -2.29. The summed E-state index contributed by atoms with van der Waals surface area (Å²) in [6.07, 6.45) is 4.14. The molecule has 0 aliphatic heterocycles. The second kappa shape index (κ2) is 7.56. The van der Waals surface area contributed by atoms with E-state index in [9.17, 15) is 9.59 Å². The molecule has 0 spiro atoms. The maximum atomic E-state index is 12.6.